The fourth-order valence-electron chi connectivity index (χ4n) is 1.27. The summed E-state index contributed by atoms with van der Waals surface area (Å²) in [6.07, 6.45) is 0. The van der Waals surface area contributed by atoms with Crippen LogP contribution in [0.3, 0.4) is 0 Å². The van der Waals surface area contributed by atoms with E-state index in [-0.39, 0.29) is 11.9 Å². The molecule has 1 aromatic carbocycles. The van der Waals surface area contributed by atoms with Gasteiger partial charge < -0.3 is 16.4 Å². The highest BCUT2D eigenvalue weighted by Gasteiger charge is 2.09. The van der Waals surface area contributed by atoms with E-state index in [2.05, 4.69) is 10.6 Å². The highest BCUT2D eigenvalue weighted by Crippen LogP contribution is 2.09. The van der Waals surface area contributed by atoms with Crippen LogP contribution >= 0.6 is 0 Å². The van der Waals surface area contributed by atoms with E-state index in [1.54, 1.807) is 7.05 Å². The minimum atomic E-state index is -0.213. The number of anilines is 1. The SMILES string of the molecule is CNC(=O)C(C)NCc1ccccc1N. The Hall–Kier alpha value is -1.55. The summed E-state index contributed by atoms with van der Waals surface area (Å²) in [4.78, 5) is 11.2. The lowest BCUT2D eigenvalue weighted by Crippen LogP contribution is -2.40. The number of nitrogens with two attached hydrogens (primary N) is 1. The average molecular weight is 207 g/mol. The van der Waals surface area contributed by atoms with Crippen LogP contribution in [0.25, 0.3) is 0 Å². The molecule has 4 N–H and O–H groups in total. The summed E-state index contributed by atoms with van der Waals surface area (Å²) >= 11 is 0. The van der Waals surface area contributed by atoms with Crippen molar-refractivity contribution < 1.29 is 4.79 Å². The summed E-state index contributed by atoms with van der Waals surface area (Å²) in [7, 11) is 1.62. The molecule has 0 aliphatic heterocycles. The molecule has 0 aliphatic carbocycles. The quantitative estimate of drug-likeness (QED) is 0.630. The molecule has 0 saturated carbocycles. The van der Waals surface area contributed by atoms with Crippen LogP contribution < -0.4 is 16.4 Å². The summed E-state index contributed by atoms with van der Waals surface area (Å²) in [6.45, 7) is 2.42. The molecule has 1 unspecified atom stereocenters. The van der Waals surface area contributed by atoms with Gasteiger partial charge in [0.2, 0.25) is 5.91 Å². The van der Waals surface area contributed by atoms with E-state index < -0.39 is 0 Å². The number of para-hydroxylation sites is 1. The van der Waals surface area contributed by atoms with Gasteiger partial charge in [-0.3, -0.25) is 4.79 Å². The van der Waals surface area contributed by atoms with Crippen molar-refractivity contribution >= 4 is 11.6 Å². The number of hydrogen-bond donors (Lipinski definition) is 3. The van der Waals surface area contributed by atoms with Crippen LogP contribution in [0.5, 0.6) is 0 Å². The average Bonchev–Trinajstić information content (AvgIpc) is 2.26. The molecule has 0 fully saturated rings. The molecule has 0 aliphatic rings. The van der Waals surface area contributed by atoms with Gasteiger partial charge in [0.25, 0.3) is 0 Å². The van der Waals surface area contributed by atoms with Crippen LogP contribution in [-0.4, -0.2) is 19.0 Å². The molecule has 0 bridgehead atoms. The van der Waals surface area contributed by atoms with E-state index in [1.165, 1.54) is 0 Å². The monoisotopic (exact) mass is 207 g/mol. The van der Waals surface area contributed by atoms with Crippen molar-refractivity contribution in [1.29, 1.82) is 0 Å². The molecule has 0 radical (unpaired) electrons. The van der Waals surface area contributed by atoms with E-state index >= 15 is 0 Å². The summed E-state index contributed by atoms with van der Waals surface area (Å²) < 4.78 is 0. The third kappa shape index (κ3) is 3.25. The lowest BCUT2D eigenvalue weighted by Gasteiger charge is -2.13. The molecule has 1 atom stereocenters. The molecule has 0 heterocycles. The number of amides is 1. The van der Waals surface area contributed by atoms with Crippen molar-refractivity contribution in [2.75, 3.05) is 12.8 Å². The highest BCUT2D eigenvalue weighted by molar-refractivity contribution is 5.80. The van der Waals surface area contributed by atoms with E-state index in [4.69, 9.17) is 5.73 Å². The summed E-state index contributed by atoms with van der Waals surface area (Å²) in [6, 6.07) is 7.40. The Bertz CT molecular complexity index is 338. The van der Waals surface area contributed by atoms with Crippen molar-refractivity contribution in [3.8, 4) is 0 Å². The van der Waals surface area contributed by atoms with Gasteiger partial charge in [-0.2, -0.15) is 0 Å². The van der Waals surface area contributed by atoms with E-state index in [0.29, 0.717) is 6.54 Å². The largest absolute Gasteiger partial charge is 0.398 e. The zero-order valence-electron chi connectivity index (χ0n) is 9.08. The van der Waals surface area contributed by atoms with Crippen molar-refractivity contribution in [2.24, 2.45) is 0 Å². The molecule has 1 rings (SSSR count). The van der Waals surface area contributed by atoms with E-state index in [9.17, 15) is 4.79 Å². The maximum Gasteiger partial charge on any atom is 0.236 e. The maximum atomic E-state index is 11.2. The number of nitrogens with one attached hydrogen (secondary N) is 2. The van der Waals surface area contributed by atoms with Gasteiger partial charge in [-0.1, -0.05) is 18.2 Å². The zero-order valence-corrected chi connectivity index (χ0v) is 9.08. The Morgan fingerprint density at radius 2 is 2.13 bits per heavy atom. The molecular weight excluding hydrogens is 190 g/mol. The third-order valence-corrected chi connectivity index (χ3v) is 2.29. The lowest BCUT2D eigenvalue weighted by molar-refractivity contribution is -0.122. The Morgan fingerprint density at radius 1 is 1.47 bits per heavy atom. The predicted octanol–water partition coefficient (Wildman–Crippen LogP) is 0.493. The van der Waals surface area contributed by atoms with Crippen molar-refractivity contribution in [3.63, 3.8) is 0 Å². The summed E-state index contributed by atoms with van der Waals surface area (Å²) in [5.74, 6) is -0.0236. The summed E-state index contributed by atoms with van der Waals surface area (Å²) in [5, 5.41) is 5.68. The number of hydrogen-bond acceptors (Lipinski definition) is 3. The van der Waals surface area contributed by atoms with Gasteiger partial charge in [0.05, 0.1) is 6.04 Å². The zero-order chi connectivity index (χ0) is 11.3. The van der Waals surface area contributed by atoms with Gasteiger partial charge in [-0.05, 0) is 18.6 Å². The number of likely N-dealkylation sites (N-methyl/N-ethyl adjacent to an activating group) is 1. The number of nitrogen functional groups attached to an aromatic ring is 1. The number of carbonyl (C=O) groups is 1. The fourth-order valence-corrected chi connectivity index (χ4v) is 1.27. The smallest absolute Gasteiger partial charge is 0.236 e. The number of rotatable bonds is 4. The van der Waals surface area contributed by atoms with E-state index in [1.807, 2.05) is 31.2 Å². The minimum Gasteiger partial charge on any atom is -0.398 e. The Balaban J connectivity index is 2.50. The third-order valence-electron chi connectivity index (χ3n) is 2.29. The normalized spacial score (nSPS) is 12.1. The molecule has 1 aromatic rings. The maximum absolute atomic E-state index is 11.2. The van der Waals surface area contributed by atoms with Gasteiger partial charge in [0.15, 0.2) is 0 Å². The topological polar surface area (TPSA) is 67.2 Å². The standard InChI is InChI=1S/C11H17N3O/c1-8(11(15)13-2)14-7-9-5-3-4-6-10(9)12/h3-6,8,14H,7,12H2,1-2H3,(H,13,15). The number of benzene rings is 1. The second-order valence-electron chi connectivity index (χ2n) is 3.42. The molecule has 4 nitrogen and oxygen atoms in total. The van der Waals surface area contributed by atoms with Crippen LogP contribution in [0, 0.1) is 0 Å². The van der Waals surface area contributed by atoms with Crippen molar-refractivity contribution in [1.82, 2.24) is 10.6 Å². The molecule has 0 aromatic heterocycles. The van der Waals surface area contributed by atoms with Gasteiger partial charge in [-0.15, -0.1) is 0 Å². The van der Waals surface area contributed by atoms with Gasteiger partial charge in [0.1, 0.15) is 0 Å². The Kier molecular flexibility index (Phi) is 4.12. The second kappa shape index (κ2) is 5.36. The second-order valence-corrected chi connectivity index (χ2v) is 3.42. The van der Waals surface area contributed by atoms with Crippen molar-refractivity contribution in [3.05, 3.63) is 29.8 Å². The van der Waals surface area contributed by atoms with E-state index in [0.717, 1.165) is 11.3 Å². The van der Waals surface area contributed by atoms with Crippen molar-refractivity contribution in [2.45, 2.75) is 19.5 Å². The molecule has 0 spiro atoms. The highest BCUT2D eigenvalue weighted by atomic mass is 16.2. The first-order valence-corrected chi connectivity index (χ1v) is 4.93. The first-order valence-electron chi connectivity index (χ1n) is 4.93. The fraction of sp³-hybridized carbons (Fsp3) is 0.364. The predicted molar refractivity (Wildman–Crippen MR) is 61.2 cm³/mol. The first kappa shape index (κ1) is 11.5. The van der Waals surface area contributed by atoms with Crippen LogP contribution in [0.2, 0.25) is 0 Å². The van der Waals surface area contributed by atoms with Gasteiger partial charge in [0, 0.05) is 19.3 Å². The molecule has 1 amide bonds. The Labute approximate surface area is 89.9 Å². The molecule has 82 valence electrons. The van der Waals surface area contributed by atoms with Crippen LogP contribution in [0.4, 0.5) is 5.69 Å². The molecule has 0 saturated heterocycles. The van der Waals surface area contributed by atoms with Gasteiger partial charge >= 0.3 is 0 Å². The van der Waals surface area contributed by atoms with Crippen LogP contribution in [0.1, 0.15) is 12.5 Å². The molecule has 4 heteroatoms. The molecular formula is C11H17N3O. The number of carbonyl (C=O) groups excluding carboxylic acids is 1. The molecule has 15 heavy (non-hydrogen) atoms. The minimum absolute atomic E-state index is 0.0236. The van der Waals surface area contributed by atoms with Crippen LogP contribution in [-0.2, 0) is 11.3 Å². The first-order chi connectivity index (χ1) is 7.15. The Morgan fingerprint density at radius 3 is 2.73 bits per heavy atom. The summed E-state index contributed by atoms with van der Waals surface area (Å²) in [5.41, 5.74) is 7.53. The van der Waals surface area contributed by atoms with Gasteiger partial charge in [-0.25, -0.2) is 0 Å². The lowest BCUT2D eigenvalue weighted by atomic mass is 10.1. The van der Waals surface area contributed by atoms with Crippen LogP contribution in [0.15, 0.2) is 24.3 Å².